The molecule has 0 saturated heterocycles. The van der Waals surface area contributed by atoms with E-state index in [0.717, 1.165) is 6.07 Å². The van der Waals surface area contributed by atoms with Gasteiger partial charge in [0.1, 0.15) is 10.8 Å². The van der Waals surface area contributed by atoms with E-state index in [-0.39, 0.29) is 5.75 Å². The molecule has 0 amide bonds. The smallest absolute Gasteiger partial charge is 0.186 e. The van der Waals surface area contributed by atoms with Gasteiger partial charge in [-0.3, -0.25) is 0 Å². The third kappa shape index (κ3) is 1.96. The normalized spacial score (nSPS) is 10.4. The number of ether oxygens (including phenoxy) is 1. The first-order valence-electron chi connectivity index (χ1n) is 3.96. The third-order valence-corrected chi connectivity index (χ3v) is 2.11. The van der Waals surface area contributed by atoms with Crippen LogP contribution < -0.4 is 10.1 Å². The number of halogens is 3. The van der Waals surface area contributed by atoms with Crippen LogP contribution in [0.4, 0.5) is 8.78 Å². The van der Waals surface area contributed by atoms with Crippen LogP contribution in [0.2, 0.25) is 5.02 Å². The summed E-state index contributed by atoms with van der Waals surface area (Å²) in [6.45, 7) is 0.314. The average Bonchev–Trinajstić information content (AvgIpc) is 2.16. The van der Waals surface area contributed by atoms with Crippen molar-refractivity contribution in [3.8, 4) is 5.75 Å². The van der Waals surface area contributed by atoms with E-state index in [4.69, 9.17) is 16.3 Å². The van der Waals surface area contributed by atoms with Gasteiger partial charge in [-0.15, -0.1) is 0 Å². The Morgan fingerprint density at radius 2 is 2.14 bits per heavy atom. The highest BCUT2D eigenvalue weighted by Gasteiger charge is 2.17. The van der Waals surface area contributed by atoms with Crippen molar-refractivity contribution in [1.82, 2.24) is 5.32 Å². The number of methoxy groups -OCH3 is 1. The molecule has 1 aromatic rings. The Balaban J connectivity index is 3.28. The van der Waals surface area contributed by atoms with E-state index in [2.05, 4.69) is 5.32 Å². The van der Waals surface area contributed by atoms with Gasteiger partial charge in [0.05, 0.1) is 7.11 Å². The molecule has 2 nitrogen and oxygen atoms in total. The summed E-state index contributed by atoms with van der Waals surface area (Å²) >= 11 is 5.38. The van der Waals surface area contributed by atoms with Crippen LogP contribution in [-0.4, -0.2) is 14.2 Å². The maximum absolute atomic E-state index is 13.3. The molecule has 0 bridgehead atoms. The highest BCUT2D eigenvalue weighted by atomic mass is 35.5. The zero-order valence-corrected chi connectivity index (χ0v) is 8.58. The van der Waals surface area contributed by atoms with E-state index < -0.39 is 16.7 Å². The van der Waals surface area contributed by atoms with Gasteiger partial charge in [0.25, 0.3) is 0 Å². The molecule has 0 unspecified atom stereocenters. The molecule has 1 aromatic carbocycles. The molecule has 14 heavy (non-hydrogen) atoms. The SMILES string of the molecule is CNCc1cc(F)c(Cl)c(F)c1OC. The van der Waals surface area contributed by atoms with Crippen molar-refractivity contribution in [2.75, 3.05) is 14.2 Å². The average molecular weight is 222 g/mol. The summed E-state index contributed by atoms with van der Waals surface area (Å²) in [6, 6.07) is 1.15. The topological polar surface area (TPSA) is 21.3 Å². The van der Waals surface area contributed by atoms with Crippen LogP contribution in [0.15, 0.2) is 6.07 Å². The Labute approximate surface area is 85.8 Å². The summed E-state index contributed by atoms with van der Waals surface area (Å²) < 4.78 is 31.1. The molecular formula is C9H10ClF2NO. The summed E-state index contributed by atoms with van der Waals surface area (Å²) in [6.07, 6.45) is 0. The molecule has 1 N–H and O–H groups in total. The lowest BCUT2D eigenvalue weighted by atomic mass is 10.2. The lowest BCUT2D eigenvalue weighted by molar-refractivity contribution is 0.378. The predicted octanol–water partition coefficient (Wildman–Crippen LogP) is 2.35. The largest absolute Gasteiger partial charge is 0.493 e. The van der Waals surface area contributed by atoms with E-state index in [1.165, 1.54) is 7.11 Å². The van der Waals surface area contributed by atoms with Crippen molar-refractivity contribution in [3.63, 3.8) is 0 Å². The quantitative estimate of drug-likeness (QED) is 0.792. The van der Waals surface area contributed by atoms with Gasteiger partial charge in [-0.2, -0.15) is 0 Å². The van der Waals surface area contributed by atoms with Crippen LogP contribution in [0, 0.1) is 11.6 Å². The van der Waals surface area contributed by atoms with Crippen LogP contribution >= 0.6 is 11.6 Å². The summed E-state index contributed by atoms with van der Waals surface area (Å²) in [7, 11) is 2.98. The molecule has 0 spiro atoms. The van der Waals surface area contributed by atoms with Gasteiger partial charge >= 0.3 is 0 Å². The lowest BCUT2D eigenvalue weighted by Crippen LogP contribution is -2.08. The molecular weight excluding hydrogens is 212 g/mol. The van der Waals surface area contributed by atoms with E-state index in [1.54, 1.807) is 7.05 Å². The summed E-state index contributed by atoms with van der Waals surface area (Å²) in [4.78, 5) is 0. The van der Waals surface area contributed by atoms with Crippen molar-refractivity contribution < 1.29 is 13.5 Å². The molecule has 0 atom stereocenters. The Kier molecular flexibility index (Phi) is 3.66. The fourth-order valence-corrected chi connectivity index (χ4v) is 1.31. The standard InChI is InChI=1S/C9H10ClF2NO/c1-13-4-5-3-6(11)7(10)8(12)9(5)14-2/h3,13H,4H2,1-2H3. The minimum Gasteiger partial charge on any atom is -0.493 e. The maximum atomic E-state index is 13.3. The number of hydrogen-bond donors (Lipinski definition) is 1. The van der Waals surface area contributed by atoms with Crippen molar-refractivity contribution in [1.29, 1.82) is 0 Å². The molecule has 0 aromatic heterocycles. The van der Waals surface area contributed by atoms with Crippen LogP contribution in [0.3, 0.4) is 0 Å². The maximum Gasteiger partial charge on any atom is 0.186 e. The molecule has 78 valence electrons. The summed E-state index contributed by atoms with van der Waals surface area (Å²) in [5, 5.41) is 2.24. The van der Waals surface area contributed by atoms with E-state index >= 15 is 0 Å². The zero-order chi connectivity index (χ0) is 10.7. The van der Waals surface area contributed by atoms with Crippen molar-refractivity contribution in [2.24, 2.45) is 0 Å². The second-order valence-corrected chi connectivity index (χ2v) is 3.09. The monoisotopic (exact) mass is 221 g/mol. The first-order chi connectivity index (χ1) is 6.61. The second kappa shape index (κ2) is 4.57. The highest BCUT2D eigenvalue weighted by molar-refractivity contribution is 6.31. The lowest BCUT2D eigenvalue weighted by Gasteiger charge is -2.10. The Morgan fingerprint density at radius 3 is 2.64 bits per heavy atom. The Hall–Kier alpha value is -0.870. The minimum absolute atomic E-state index is 0.0225. The van der Waals surface area contributed by atoms with Crippen LogP contribution in [0.1, 0.15) is 5.56 Å². The summed E-state index contributed by atoms with van der Waals surface area (Å²) in [5.41, 5.74) is 0.398. The van der Waals surface area contributed by atoms with Gasteiger partial charge in [-0.25, -0.2) is 8.78 Å². The highest BCUT2D eigenvalue weighted by Crippen LogP contribution is 2.30. The molecule has 1 rings (SSSR count). The number of benzene rings is 1. The third-order valence-electron chi connectivity index (χ3n) is 1.77. The molecule has 0 saturated carbocycles. The van der Waals surface area contributed by atoms with E-state index in [0.29, 0.717) is 12.1 Å². The van der Waals surface area contributed by atoms with Crippen molar-refractivity contribution >= 4 is 11.6 Å². The summed E-state index contributed by atoms with van der Waals surface area (Å²) in [5.74, 6) is -1.67. The first-order valence-corrected chi connectivity index (χ1v) is 4.34. The van der Waals surface area contributed by atoms with Gasteiger partial charge in [0, 0.05) is 12.1 Å². The number of hydrogen-bond acceptors (Lipinski definition) is 2. The van der Waals surface area contributed by atoms with E-state index in [1.807, 2.05) is 0 Å². The molecule has 0 aliphatic heterocycles. The van der Waals surface area contributed by atoms with E-state index in [9.17, 15) is 8.78 Å². The molecule has 5 heteroatoms. The first kappa shape index (κ1) is 11.2. The Morgan fingerprint density at radius 1 is 1.50 bits per heavy atom. The van der Waals surface area contributed by atoms with Gasteiger partial charge < -0.3 is 10.1 Å². The van der Waals surface area contributed by atoms with Crippen molar-refractivity contribution in [3.05, 3.63) is 28.3 Å². The zero-order valence-electron chi connectivity index (χ0n) is 7.83. The van der Waals surface area contributed by atoms with Crippen LogP contribution in [0.5, 0.6) is 5.75 Å². The van der Waals surface area contributed by atoms with Gasteiger partial charge in [-0.1, -0.05) is 11.6 Å². The van der Waals surface area contributed by atoms with Crippen LogP contribution in [-0.2, 0) is 6.54 Å². The number of rotatable bonds is 3. The molecule has 0 heterocycles. The Bertz CT molecular complexity index is 344. The van der Waals surface area contributed by atoms with Gasteiger partial charge in [0.15, 0.2) is 11.6 Å². The minimum atomic E-state index is -0.862. The number of nitrogens with one attached hydrogen (secondary N) is 1. The molecule has 0 radical (unpaired) electrons. The second-order valence-electron chi connectivity index (χ2n) is 2.71. The van der Waals surface area contributed by atoms with Gasteiger partial charge in [0.2, 0.25) is 0 Å². The van der Waals surface area contributed by atoms with Gasteiger partial charge in [-0.05, 0) is 13.1 Å². The molecule has 0 aliphatic carbocycles. The fourth-order valence-electron chi connectivity index (χ4n) is 1.17. The van der Waals surface area contributed by atoms with Crippen molar-refractivity contribution in [2.45, 2.75) is 6.54 Å². The predicted molar refractivity (Wildman–Crippen MR) is 50.7 cm³/mol. The molecule has 0 aliphatic rings. The van der Waals surface area contributed by atoms with Crippen LogP contribution in [0.25, 0.3) is 0 Å². The molecule has 0 fully saturated rings. The fraction of sp³-hybridized carbons (Fsp3) is 0.333.